The maximum Gasteiger partial charge on any atom is 3.00 e. The van der Waals surface area contributed by atoms with E-state index in [0.29, 0.717) is 0 Å². The second-order valence-corrected chi connectivity index (χ2v) is 9.60. The zero-order valence-corrected chi connectivity index (χ0v) is 22.6. The first kappa shape index (κ1) is 27.9. The van der Waals surface area contributed by atoms with Crippen molar-refractivity contribution in [2.75, 3.05) is 0 Å². The van der Waals surface area contributed by atoms with Gasteiger partial charge in [-0.2, -0.15) is 17.7 Å². The van der Waals surface area contributed by atoms with Crippen LogP contribution in [-0.4, -0.2) is 0 Å². The molecule has 1 radical (unpaired) electrons. The molecule has 3 rings (SSSR count). The predicted molar refractivity (Wildman–Crippen MR) is 110 cm³/mol. The Hall–Kier alpha value is -0.0969. The van der Waals surface area contributed by atoms with E-state index in [1.165, 1.54) is 44.5 Å². The van der Waals surface area contributed by atoms with E-state index >= 15 is 0 Å². The van der Waals surface area contributed by atoms with Crippen LogP contribution in [0.15, 0.2) is 18.2 Å². The van der Waals surface area contributed by atoms with Gasteiger partial charge in [0.2, 0.25) is 0 Å². The molecular formula is C25H33Cl2Zr. The summed E-state index contributed by atoms with van der Waals surface area (Å²) < 4.78 is 0. The summed E-state index contributed by atoms with van der Waals surface area (Å²) in [4.78, 5) is 0. The maximum atomic E-state index is 3.79. The van der Waals surface area contributed by atoms with Crippen molar-refractivity contribution in [3.63, 3.8) is 0 Å². The average molecular weight is 496 g/mol. The van der Waals surface area contributed by atoms with Gasteiger partial charge in [0.25, 0.3) is 0 Å². The first-order chi connectivity index (χ1) is 11.6. The number of fused-ring (bicyclic) bond motifs is 3. The van der Waals surface area contributed by atoms with Crippen LogP contribution in [0.25, 0.3) is 11.1 Å². The van der Waals surface area contributed by atoms with Crippen LogP contribution in [0.2, 0.25) is 0 Å². The molecule has 3 heteroatoms. The van der Waals surface area contributed by atoms with E-state index in [4.69, 9.17) is 0 Å². The van der Waals surface area contributed by atoms with Gasteiger partial charge in [-0.1, -0.05) is 84.9 Å². The topological polar surface area (TPSA) is 0 Å². The van der Waals surface area contributed by atoms with E-state index in [0.717, 1.165) is 19.3 Å². The third kappa shape index (κ3) is 5.14. The Bertz CT molecular complexity index is 754. The fraction of sp³-hybridized carbons (Fsp3) is 0.520. The van der Waals surface area contributed by atoms with Gasteiger partial charge in [-0.25, -0.2) is 0 Å². The van der Waals surface area contributed by atoms with Gasteiger partial charge >= 0.3 is 26.2 Å². The standard InChI is InChI=1S/C25H33.2ClH.Zr/c1-9-16-11-18-13-19-12-17(10-2)23(25(6,7)8)15-21(19)20(18)14-22(16)24(3,4)5;;;/h11,14-15H,9-10,13H2,1-8H3;2*1H;/q-1;;;+3/p-2. The van der Waals surface area contributed by atoms with Crippen molar-refractivity contribution < 1.29 is 51.0 Å². The van der Waals surface area contributed by atoms with E-state index in [2.05, 4.69) is 79.7 Å². The molecule has 0 atom stereocenters. The van der Waals surface area contributed by atoms with Crippen molar-refractivity contribution in [3.8, 4) is 11.1 Å². The molecule has 0 nitrogen and oxygen atoms in total. The molecule has 0 saturated carbocycles. The molecule has 0 N–H and O–H groups in total. The fourth-order valence-electron chi connectivity index (χ4n) is 4.24. The van der Waals surface area contributed by atoms with Crippen LogP contribution >= 0.6 is 0 Å². The van der Waals surface area contributed by atoms with E-state index in [-0.39, 0.29) is 61.8 Å². The second-order valence-electron chi connectivity index (χ2n) is 9.60. The largest absolute Gasteiger partial charge is 3.00 e. The molecule has 1 aliphatic rings. The van der Waals surface area contributed by atoms with Gasteiger partial charge in [-0.15, -0.1) is 16.7 Å². The third-order valence-corrected chi connectivity index (χ3v) is 5.58. The van der Waals surface area contributed by atoms with Crippen LogP contribution in [0.3, 0.4) is 0 Å². The molecule has 0 bridgehead atoms. The van der Waals surface area contributed by atoms with Gasteiger partial charge in [-0.05, 0) is 34.9 Å². The minimum atomic E-state index is 0. The smallest absolute Gasteiger partial charge is 1.00 e. The molecule has 0 aliphatic heterocycles. The second kappa shape index (κ2) is 9.81. The number of rotatable bonds is 2. The molecule has 0 saturated heterocycles. The minimum absolute atomic E-state index is 0. The molecule has 0 amide bonds. The van der Waals surface area contributed by atoms with Crippen LogP contribution in [0.1, 0.15) is 88.8 Å². The zero-order valence-electron chi connectivity index (χ0n) is 18.6. The zero-order chi connectivity index (χ0) is 18.6. The SMILES string of the molecule is CCc1[c-]c2c(cc1C(C)(C)C)-c1cc(C(C)(C)C)c(CC)cc1C2.[Cl-].[Cl-].[Zr+3]. The Balaban J connectivity index is 0.00000243. The van der Waals surface area contributed by atoms with Crippen LogP contribution in [0, 0.1) is 6.07 Å². The van der Waals surface area contributed by atoms with E-state index < -0.39 is 0 Å². The normalized spacial score (nSPS) is 12.3. The van der Waals surface area contributed by atoms with Crippen LogP contribution in [-0.2, 0) is 56.3 Å². The van der Waals surface area contributed by atoms with Gasteiger partial charge < -0.3 is 24.8 Å². The Morgan fingerprint density at radius 3 is 1.79 bits per heavy atom. The third-order valence-electron chi connectivity index (χ3n) is 5.58. The number of hydrogen-bond donors (Lipinski definition) is 0. The minimum Gasteiger partial charge on any atom is -1.00 e. The molecule has 151 valence electrons. The Morgan fingerprint density at radius 2 is 1.32 bits per heavy atom. The Kier molecular flexibility index (Phi) is 9.77. The van der Waals surface area contributed by atoms with Crippen molar-refractivity contribution in [1.82, 2.24) is 0 Å². The molecule has 0 aromatic heterocycles. The van der Waals surface area contributed by atoms with Crippen molar-refractivity contribution in [2.24, 2.45) is 0 Å². The maximum absolute atomic E-state index is 3.79. The average Bonchev–Trinajstić information content (AvgIpc) is 2.87. The van der Waals surface area contributed by atoms with E-state index in [1.54, 1.807) is 0 Å². The number of halogens is 2. The van der Waals surface area contributed by atoms with Crippen molar-refractivity contribution in [2.45, 2.75) is 85.5 Å². The van der Waals surface area contributed by atoms with Crippen molar-refractivity contribution >= 4 is 0 Å². The first-order valence-electron chi connectivity index (χ1n) is 9.81. The summed E-state index contributed by atoms with van der Waals surface area (Å²) in [6, 6.07) is 11.2. The van der Waals surface area contributed by atoms with Gasteiger partial charge in [-0.3, -0.25) is 0 Å². The van der Waals surface area contributed by atoms with Crippen LogP contribution in [0.5, 0.6) is 0 Å². The monoisotopic (exact) mass is 493 g/mol. The first-order valence-corrected chi connectivity index (χ1v) is 9.81. The summed E-state index contributed by atoms with van der Waals surface area (Å²) in [7, 11) is 0. The summed E-state index contributed by atoms with van der Waals surface area (Å²) >= 11 is 0. The van der Waals surface area contributed by atoms with Crippen molar-refractivity contribution in [3.05, 3.63) is 57.6 Å². The number of aryl methyl sites for hydroxylation is 2. The van der Waals surface area contributed by atoms with Gasteiger partial charge in [0.05, 0.1) is 0 Å². The summed E-state index contributed by atoms with van der Waals surface area (Å²) in [5, 5.41) is 0. The molecular weight excluding hydrogens is 462 g/mol. The summed E-state index contributed by atoms with van der Waals surface area (Å²) in [6.07, 6.45) is 3.20. The molecule has 28 heavy (non-hydrogen) atoms. The quantitative estimate of drug-likeness (QED) is 0.461. The summed E-state index contributed by atoms with van der Waals surface area (Å²) in [5.41, 5.74) is 12.0. The van der Waals surface area contributed by atoms with Gasteiger partial charge in [0.1, 0.15) is 0 Å². The summed E-state index contributed by atoms with van der Waals surface area (Å²) in [6.45, 7) is 18.5. The molecule has 1 aliphatic carbocycles. The van der Waals surface area contributed by atoms with E-state index in [9.17, 15) is 0 Å². The number of benzene rings is 2. The van der Waals surface area contributed by atoms with Crippen LogP contribution < -0.4 is 24.8 Å². The van der Waals surface area contributed by atoms with E-state index in [1.807, 2.05) is 0 Å². The van der Waals surface area contributed by atoms with Gasteiger partial charge in [0, 0.05) is 0 Å². The molecule has 0 heterocycles. The molecule has 2 aromatic carbocycles. The predicted octanol–water partition coefficient (Wildman–Crippen LogP) is 0.783. The fourth-order valence-corrected chi connectivity index (χ4v) is 4.24. The molecule has 0 spiro atoms. The van der Waals surface area contributed by atoms with Crippen molar-refractivity contribution in [1.29, 1.82) is 0 Å². The molecule has 0 unspecified atom stereocenters. The summed E-state index contributed by atoms with van der Waals surface area (Å²) in [5.74, 6) is 0. The molecule has 2 aromatic rings. The van der Waals surface area contributed by atoms with Gasteiger partial charge in [0.15, 0.2) is 0 Å². The Morgan fingerprint density at radius 1 is 0.786 bits per heavy atom. The molecule has 0 fully saturated rings. The Labute approximate surface area is 204 Å². The van der Waals surface area contributed by atoms with Crippen LogP contribution in [0.4, 0.5) is 0 Å². The number of hydrogen-bond acceptors (Lipinski definition) is 0.